The van der Waals surface area contributed by atoms with E-state index in [1.54, 1.807) is 0 Å². The lowest BCUT2D eigenvalue weighted by molar-refractivity contribution is 0.0951. The average molecular weight is 282 g/mol. The molecule has 3 rings (SSSR count). The smallest absolute Gasteiger partial charge is 0.251 e. The van der Waals surface area contributed by atoms with Crippen LogP contribution in [0.4, 0.5) is 5.69 Å². The fraction of sp³-hybridized carbons (Fsp3) is 0.235. The van der Waals surface area contributed by atoms with Crippen molar-refractivity contribution in [2.45, 2.75) is 19.6 Å². The summed E-state index contributed by atoms with van der Waals surface area (Å²) in [4.78, 5) is 12.2. The van der Waals surface area contributed by atoms with Gasteiger partial charge in [-0.3, -0.25) is 4.79 Å². The van der Waals surface area contributed by atoms with Crippen LogP contribution in [0.15, 0.2) is 42.5 Å². The molecule has 0 aromatic heterocycles. The zero-order valence-corrected chi connectivity index (χ0v) is 11.7. The van der Waals surface area contributed by atoms with Crippen molar-refractivity contribution in [3.8, 4) is 0 Å². The Kier molecular flexibility index (Phi) is 3.88. The highest BCUT2D eigenvalue weighted by molar-refractivity contribution is 5.95. The van der Waals surface area contributed by atoms with Gasteiger partial charge in [0.2, 0.25) is 0 Å². The SMILES string of the molecule is O=C(NCc1cccc(CO)c1)c1ccc2c(c1)CCN2. The molecule has 0 spiro atoms. The second-order valence-electron chi connectivity index (χ2n) is 5.21. The van der Waals surface area contributed by atoms with Gasteiger partial charge in [0, 0.05) is 24.3 Å². The number of carbonyl (C=O) groups excluding carboxylic acids is 1. The third-order valence-electron chi connectivity index (χ3n) is 3.70. The number of amides is 1. The molecule has 4 nitrogen and oxygen atoms in total. The van der Waals surface area contributed by atoms with Crippen LogP contribution < -0.4 is 10.6 Å². The quantitative estimate of drug-likeness (QED) is 0.804. The summed E-state index contributed by atoms with van der Waals surface area (Å²) in [5, 5.41) is 15.3. The van der Waals surface area contributed by atoms with E-state index < -0.39 is 0 Å². The maximum atomic E-state index is 12.2. The molecule has 108 valence electrons. The zero-order valence-electron chi connectivity index (χ0n) is 11.7. The van der Waals surface area contributed by atoms with Crippen LogP contribution in [-0.4, -0.2) is 17.6 Å². The zero-order chi connectivity index (χ0) is 14.7. The predicted octanol–water partition coefficient (Wildman–Crippen LogP) is 2.08. The molecule has 2 aromatic rings. The van der Waals surface area contributed by atoms with E-state index in [0.29, 0.717) is 12.1 Å². The average Bonchev–Trinajstić information content (AvgIpc) is 3.00. The molecule has 0 bridgehead atoms. The van der Waals surface area contributed by atoms with Gasteiger partial charge in [-0.2, -0.15) is 0 Å². The summed E-state index contributed by atoms with van der Waals surface area (Å²) in [6, 6.07) is 13.3. The van der Waals surface area contributed by atoms with Gasteiger partial charge in [-0.05, 0) is 41.3 Å². The molecule has 1 aliphatic heterocycles. The van der Waals surface area contributed by atoms with E-state index in [4.69, 9.17) is 5.11 Å². The molecule has 1 heterocycles. The van der Waals surface area contributed by atoms with Crippen LogP contribution >= 0.6 is 0 Å². The lowest BCUT2D eigenvalue weighted by Crippen LogP contribution is -2.22. The third-order valence-corrected chi connectivity index (χ3v) is 3.70. The van der Waals surface area contributed by atoms with Gasteiger partial charge in [0.25, 0.3) is 5.91 Å². The highest BCUT2D eigenvalue weighted by Crippen LogP contribution is 2.22. The summed E-state index contributed by atoms with van der Waals surface area (Å²) in [5.41, 5.74) is 4.85. The monoisotopic (exact) mass is 282 g/mol. The maximum absolute atomic E-state index is 12.2. The van der Waals surface area contributed by atoms with Crippen LogP contribution in [0.5, 0.6) is 0 Å². The summed E-state index contributed by atoms with van der Waals surface area (Å²) in [6.07, 6.45) is 0.967. The minimum Gasteiger partial charge on any atom is -0.392 e. The van der Waals surface area contributed by atoms with Gasteiger partial charge in [0.1, 0.15) is 0 Å². The summed E-state index contributed by atoms with van der Waals surface area (Å²) >= 11 is 0. The first-order chi connectivity index (χ1) is 10.3. The van der Waals surface area contributed by atoms with Gasteiger partial charge >= 0.3 is 0 Å². The van der Waals surface area contributed by atoms with Gasteiger partial charge < -0.3 is 15.7 Å². The minimum atomic E-state index is -0.0703. The van der Waals surface area contributed by atoms with Crippen LogP contribution in [0.1, 0.15) is 27.0 Å². The molecule has 0 unspecified atom stereocenters. The van der Waals surface area contributed by atoms with Crippen molar-refractivity contribution < 1.29 is 9.90 Å². The molecule has 1 amide bonds. The Morgan fingerprint density at radius 2 is 2.05 bits per heavy atom. The Morgan fingerprint density at radius 3 is 2.90 bits per heavy atom. The minimum absolute atomic E-state index is 0.0135. The number of benzene rings is 2. The fourth-order valence-corrected chi connectivity index (χ4v) is 2.57. The first-order valence-corrected chi connectivity index (χ1v) is 7.10. The Balaban J connectivity index is 1.66. The first-order valence-electron chi connectivity index (χ1n) is 7.10. The summed E-state index contributed by atoms with van der Waals surface area (Å²) in [7, 11) is 0. The van der Waals surface area contributed by atoms with Gasteiger partial charge in [0.15, 0.2) is 0 Å². The molecule has 21 heavy (non-hydrogen) atoms. The van der Waals surface area contributed by atoms with Crippen LogP contribution in [0.25, 0.3) is 0 Å². The Bertz CT molecular complexity index is 668. The molecular weight excluding hydrogens is 264 g/mol. The molecular formula is C17H18N2O2. The molecule has 0 saturated heterocycles. The number of aliphatic hydroxyl groups is 1. The van der Waals surface area contributed by atoms with E-state index in [0.717, 1.165) is 29.8 Å². The molecule has 3 N–H and O–H groups in total. The van der Waals surface area contributed by atoms with E-state index >= 15 is 0 Å². The number of nitrogens with one attached hydrogen (secondary N) is 2. The summed E-state index contributed by atoms with van der Waals surface area (Å²) in [6.45, 7) is 1.41. The van der Waals surface area contributed by atoms with E-state index in [1.165, 1.54) is 5.56 Å². The van der Waals surface area contributed by atoms with Crippen molar-refractivity contribution in [3.63, 3.8) is 0 Å². The number of hydrogen-bond donors (Lipinski definition) is 3. The van der Waals surface area contributed by atoms with E-state index in [2.05, 4.69) is 10.6 Å². The Morgan fingerprint density at radius 1 is 1.19 bits per heavy atom. The van der Waals surface area contributed by atoms with E-state index in [1.807, 2.05) is 42.5 Å². The standard InChI is InChI=1S/C17H18N2O2/c20-11-13-3-1-2-12(8-13)10-19-17(21)15-4-5-16-14(9-15)6-7-18-16/h1-5,8-9,18,20H,6-7,10-11H2,(H,19,21). The largest absolute Gasteiger partial charge is 0.392 e. The number of aliphatic hydroxyl groups excluding tert-OH is 1. The molecule has 4 heteroatoms. The number of fused-ring (bicyclic) bond motifs is 1. The van der Waals surface area contributed by atoms with Crippen LogP contribution in [0.3, 0.4) is 0 Å². The van der Waals surface area contributed by atoms with Gasteiger partial charge in [-0.25, -0.2) is 0 Å². The molecule has 0 saturated carbocycles. The number of rotatable bonds is 4. The fourth-order valence-electron chi connectivity index (χ4n) is 2.57. The van der Waals surface area contributed by atoms with Gasteiger partial charge in [-0.1, -0.05) is 24.3 Å². The van der Waals surface area contributed by atoms with Crippen molar-refractivity contribution in [3.05, 3.63) is 64.7 Å². The first kappa shape index (κ1) is 13.6. The number of anilines is 1. The lowest BCUT2D eigenvalue weighted by Gasteiger charge is -2.08. The highest BCUT2D eigenvalue weighted by atomic mass is 16.3. The summed E-state index contributed by atoms with van der Waals surface area (Å²) in [5.74, 6) is -0.0703. The summed E-state index contributed by atoms with van der Waals surface area (Å²) < 4.78 is 0. The van der Waals surface area contributed by atoms with Crippen molar-refractivity contribution in [2.75, 3.05) is 11.9 Å². The van der Waals surface area contributed by atoms with Crippen molar-refractivity contribution >= 4 is 11.6 Å². The Labute approximate surface area is 123 Å². The van der Waals surface area contributed by atoms with Gasteiger partial charge in [-0.15, -0.1) is 0 Å². The molecule has 0 fully saturated rings. The molecule has 2 aromatic carbocycles. The van der Waals surface area contributed by atoms with Gasteiger partial charge in [0.05, 0.1) is 6.61 Å². The van der Waals surface area contributed by atoms with E-state index in [-0.39, 0.29) is 12.5 Å². The van der Waals surface area contributed by atoms with Crippen LogP contribution in [-0.2, 0) is 19.6 Å². The topological polar surface area (TPSA) is 61.4 Å². The molecule has 0 atom stereocenters. The molecule has 1 aliphatic rings. The van der Waals surface area contributed by atoms with Crippen LogP contribution in [0, 0.1) is 0 Å². The number of carbonyl (C=O) groups is 1. The van der Waals surface area contributed by atoms with Crippen molar-refractivity contribution in [1.29, 1.82) is 0 Å². The lowest BCUT2D eigenvalue weighted by atomic mass is 10.1. The van der Waals surface area contributed by atoms with E-state index in [9.17, 15) is 4.79 Å². The Hall–Kier alpha value is -2.33. The second-order valence-corrected chi connectivity index (χ2v) is 5.21. The highest BCUT2D eigenvalue weighted by Gasteiger charge is 2.13. The third kappa shape index (κ3) is 3.06. The maximum Gasteiger partial charge on any atom is 0.251 e. The van der Waals surface area contributed by atoms with Crippen molar-refractivity contribution in [1.82, 2.24) is 5.32 Å². The molecule has 0 aliphatic carbocycles. The second kappa shape index (κ2) is 5.97. The number of hydrogen-bond acceptors (Lipinski definition) is 3. The predicted molar refractivity (Wildman–Crippen MR) is 82.2 cm³/mol. The molecule has 0 radical (unpaired) electrons. The normalized spacial score (nSPS) is 12.6. The van der Waals surface area contributed by atoms with Crippen LogP contribution in [0.2, 0.25) is 0 Å². The van der Waals surface area contributed by atoms with Crippen molar-refractivity contribution in [2.24, 2.45) is 0 Å².